The minimum absolute atomic E-state index is 0.210. The molecule has 1 aliphatic rings. The third-order valence-electron chi connectivity index (χ3n) is 3.26. The predicted octanol–water partition coefficient (Wildman–Crippen LogP) is 2.99. The maximum atomic E-state index is 9.40. The van der Waals surface area contributed by atoms with Crippen LogP contribution in [0, 0.1) is 6.92 Å². The topological polar surface area (TPSA) is 41.5 Å². The lowest BCUT2D eigenvalue weighted by Gasteiger charge is -2.11. The second kappa shape index (κ2) is 4.63. The van der Waals surface area contributed by atoms with Gasteiger partial charge < -0.3 is 15.2 Å². The van der Waals surface area contributed by atoms with Gasteiger partial charge in [-0.05, 0) is 36.1 Å². The first-order valence-electron chi connectivity index (χ1n) is 5.96. The molecule has 0 amide bonds. The summed E-state index contributed by atoms with van der Waals surface area (Å²) in [5.41, 5.74) is 2.46. The Hall–Kier alpha value is -1.52. The maximum Gasteiger partial charge on any atom is 0.127 e. The number of rotatable bonds is 3. The number of aromatic hydroxyl groups is 1. The summed E-state index contributed by atoms with van der Waals surface area (Å²) in [6.45, 7) is 3.62. The fourth-order valence-electron chi connectivity index (χ4n) is 2.17. The molecule has 0 aliphatic carbocycles. The van der Waals surface area contributed by atoms with Crippen molar-refractivity contribution < 1.29 is 9.84 Å². The molecule has 0 saturated carbocycles. The molecule has 1 aromatic heterocycles. The van der Waals surface area contributed by atoms with Crippen LogP contribution in [0.25, 0.3) is 0 Å². The summed E-state index contributed by atoms with van der Waals surface area (Å²) < 4.78 is 5.57. The van der Waals surface area contributed by atoms with E-state index in [1.807, 2.05) is 6.07 Å². The molecule has 0 fully saturated rings. The minimum Gasteiger partial charge on any atom is -0.508 e. The Balaban J connectivity index is 1.71. The lowest BCUT2D eigenvalue weighted by atomic mass is 10.1. The van der Waals surface area contributed by atoms with Crippen LogP contribution in [0.2, 0.25) is 0 Å². The number of phenolic OH excluding ortho intramolecular Hbond substituents is 1. The van der Waals surface area contributed by atoms with Crippen LogP contribution in [0.15, 0.2) is 29.6 Å². The van der Waals surface area contributed by atoms with Crippen LogP contribution in [0.3, 0.4) is 0 Å². The second-order valence-corrected chi connectivity index (χ2v) is 5.49. The molecule has 0 radical (unpaired) electrons. The zero-order valence-electron chi connectivity index (χ0n) is 10.1. The van der Waals surface area contributed by atoms with Crippen molar-refractivity contribution in [1.82, 2.24) is 5.32 Å². The van der Waals surface area contributed by atoms with E-state index < -0.39 is 0 Å². The van der Waals surface area contributed by atoms with Crippen LogP contribution in [0.1, 0.15) is 22.0 Å². The van der Waals surface area contributed by atoms with Crippen LogP contribution in [0.5, 0.6) is 11.5 Å². The zero-order valence-corrected chi connectivity index (χ0v) is 11.0. The highest BCUT2D eigenvalue weighted by atomic mass is 32.1. The molecule has 0 bridgehead atoms. The molecule has 4 heteroatoms. The van der Waals surface area contributed by atoms with E-state index >= 15 is 0 Å². The first-order chi connectivity index (χ1) is 8.74. The van der Waals surface area contributed by atoms with Crippen molar-refractivity contribution in [3.63, 3.8) is 0 Å². The van der Waals surface area contributed by atoms with Gasteiger partial charge in [-0.1, -0.05) is 0 Å². The Morgan fingerprint density at radius 3 is 3.11 bits per heavy atom. The van der Waals surface area contributed by atoms with Crippen LogP contribution >= 0.6 is 11.3 Å². The Bertz CT molecular complexity index is 565. The van der Waals surface area contributed by atoms with E-state index in [4.69, 9.17) is 4.74 Å². The molecule has 2 heterocycles. The van der Waals surface area contributed by atoms with Gasteiger partial charge in [0, 0.05) is 23.1 Å². The first-order valence-corrected chi connectivity index (χ1v) is 6.84. The number of phenols is 1. The van der Waals surface area contributed by atoms with Gasteiger partial charge in [0.15, 0.2) is 0 Å². The van der Waals surface area contributed by atoms with Crippen molar-refractivity contribution in [3.05, 3.63) is 45.6 Å². The molecule has 1 aliphatic heterocycles. The van der Waals surface area contributed by atoms with Crippen molar-refractivity contribution in [3.8, 4) is 11.5 Å². The monoisotopic (exact) mass is 261 g/mol. The Labute approximate surface area is 110 Å². The highest BCUT2D eigenvalue weighted by Crippen LogP contribution is 2.35. The third-order valence-corrected chi connectivity index (χ3v) is 4.28. The van der Waals surface area contributed by atoms with E-state index in [0.717, 1.165) is 17.9 Å². The Morgan fingerprint density at radius 2 is 2.33 bits per heavy atom. The summed E-state index contributed by atoms with van der Waals surface area (Å²) in [6, 6.07) is 7.66. The highest BCUT2D eigenvalue weighted by Gasteiger charge is 2.24. The van der Waals surface area contributed by atoms with Gasteiger partial charge in [-0.3, -0.25) is 0 Å². The van der Waals surface area contributed by atoms with Gasteiger partial charge in [-0.25, -0.2) is 0 Å². The average molecular weight is 261 g/mol. The molecule has 1 atom stereocenters. The summed E-state index contributed by atoms with van der Waals surface area (Å²) in [4.78, 5) is 1.36. The van der Waals surface area contributed by atoms with E-state index in [1.165, 1.54) is 10.4 Å². The van der Waals surface area contributed by atoms with Crippen LogP contribution in [0.4, 0.5) is 0 Å². The maximum absolute atomic E-state index is 9.40. The standard InChI is InChI=1S/C14H15NO2S/c1-9-4-5-18-14(9)7-15-12-8-17-13-6-10(16)2-3-11(12)13/h2-6,12,15-16H,7-8H2,1H3. The number of hydrogen-bond donors (Lipinski definition) is 2. The summed E-state index contributed by atoms with van der Waals surface area (Å²) in [5.74, 6) is 1.04. The first kappa shape index (κ1) is 11.6. The summed E-state index contributed by atoms with van der Waals surface area (Å²) in [6.07, 6.45) is 0. The molecular weight excluding hydrogens is 246 g/mol. The average Bonchev–Trinajstić information content (AvgIpc) is 2.93. The van der Waals surface area contributed by atoms with E-state index in [0.29, 0.717) is 6.61 Å². The molecule has 94 valence electrons. The normalized spacial score (nSPS) is 17.5. The van der Waals surface area contributed by atoms with Crippen molar-refractivity contribution in [1.29, 1.82) is 0 Å². The molecule has 3 rings (SSSR count). The van der Waals surface area contributed by atoms with Gasteiger partial charge in [-0.2, -0.15) is 0 Å². The molecule has 0 spiro atoms. The van der Waals surface area contributed by atoms with E-state index in [1.54, 1.807) is 23.5 Å². The number of fused-ring (bicyclic) bond motifs is 1. The molecular formula is C14H15NO2S. The Kier molecular flexibility index (Phi) is 2.97. The smallest absolute Gasteiger partial charge is 0.127 e. The van der Waals surface area contributed by atoms with Crippen LogP contribution in [-0.2, 0) is 6.54 Å². The third kappa shape index (κ3) is 2.09. The summed E-state index contributed by atoms with van der Waals surface area (Å²) in [5, 5.41) is 15.0. The molecule has 0 saturated heterocycles. The molecule has 3 nitrogen and oxygen atoms in total. The van der Waals surface area contributed by atoms with Gasteiger partial charge in [0.1, 0.15) is 18.1 Å². The predicted molar refractivity (Wildman–Crippen MR) is 72.2 cm³/mol. The number of ether oxygens (including phenoxy) is 1. The molecule has 2 aromatic rings. The SMILES string of the molecule is Cc1ccsc1CNC1COc2cc(O)ccc21. The van der Waals surface area contributed by atoms with Crippen LogP contribution < -0.4 is 10.1 Å². The molecule has 1 unspecified atom stereocenters. The summed E-state index contributed by atoms with van der Waals surface area (Å²) in [7, 11) is 0. The van der Waals surface area contributed by atoms with Crippen LogP contribution in [-0.4, -0.2) is 11.7 Å². The fraction of sp³-hybridized carbons (Fsp3) is 0.286. The van der Waals surface area contributed by atoms with Gasteiger partial charge in [-0.15, -0.1) is 11.3 Å². The van der Waals surface area contributed by atoms with Crippen molar-refractivity contribution in [2.45, 2.75) is 19.5 Å². The van der Waals surface area contributed by atoms with E-state index in [9.17, 15) is 5.11 Å². The highest BCUT2D eigenvalue weighted by molar-refractivity contribution is 7.10. The summed E-state index contributed by atoms with van der Waals surface area (Å²) >= 11 is 1.77. The number of nitrogens with one attached hydrogen (secondary N) is 1. The number of benzene rings is 1. The zero-order chi connectivity index (χ0) is 12.5. The molecule has 2 N–H and O–H groups in total. The lowest BCUT2D eigenvalue weighted by molar-refractivity contribution is 0.310. The molecule has 1 aromatic carbocycles. The molecule has 18 heavy (non-hydrogen) atoms. The van der Waals surface area contributed by atoms with Crippen molar-refractivity contribution >= 4 is 11.3 Å². The van der Waals surface area contributed by atoms with Gasteiger partial charge in [0.05, 0.1) is 6.04 Å². The van der Waals surface area contributed by atoms with E-state index in [-0.39, 0.29) is 11.8 Å². The van der Waals surface area contributed by atoms with Gasteiger partial charge >= 0.3 is 0 Å². The van der Waals surface area contributed by atoms with Crippen molar-refractivity contribution in [2.75, 3.05) is 6.61 Å². The lowest BCUT2D eigenvalue weighted by Crippen LogP contribution is -2.21. The largest absolute Gasteiger partial charge is 0.508 e. The van der Waals surface area contributed by atoms with Gasteiger partial charge in [0.2, 0.25) is 0 Å². The van der Waals surface area contributed by atoms with Crippen molar-refractivity contribution in [2.24, 2.45) is 0 Å². The minimum atomic E-state index is 0.210. The number of thiophene rings is 1. The number of hydrogen-bond acceptors (Lipinski definition) is 4. The quantitative estimate of drug-likeness (QED) is 0.892. The fourth-order valence-corrected chi connectivity index (χ4v) is 3.03. The van der Waals surface area contributed by atoms with Gasteiger partial charge in [0.25, 0.3) is 0 Å². The van der Waals surface area contributed by atoms with E-state index in [2.05, 4.69) is 23.7 Å². The number of aryl methyl sites for hydroxylation is 1. The Morgan fingerprint density at radius 1 is 1.44 bits per heavy atom. The second-order valence-electron chi connectivity index (χ2n) is 4.49.